The first-order valence-corrected chi connectivity index (χ1v) is 5.12. The van der Waals surface area contributed by atoms with E-state index in [0.717, 1.165) is 19.3 Å². The van der Waals surface area contributed by atoms with Gasteiger partial charge in [-0.25, -0.2) is 0 Å². The van der Waals surface area contributed by atoms with E-state index in [-0.39, 0.29) is 5.75 Å². The van der Waals surface area contributed by atoms with Gasteiger partial charge in [-0.2, -0.15) is 8.42 Å². The van der Waals surface area contributed by atoms with Gasteiger partial charge in [0.1, 0.15) is 0 Å². The SMILES string of the molecule is CCCCCCS(=O)(=[18O])[18OH]. The zero-order valence-electron chi connectivity index (χ0n) is 6.21. The van der Waals surface area contributed by atoms with Crippen molar-refractivity contribution >= 4 is 10.1 Å². The maximum Gasteiger partial charge on any atom is 0.264 e. The van der Waals surface area contributed by atoms with Crippen LogP contribution in [-0.2, 0) is 10.1 Å². The Kier molecular flexibility index (Phi) is 4.64. The van der Waals surface area contributed by atoms with Crippen LogP contribution in [-0.4, -0.2) is 18.7 Å². The summed E-state index contributed by atoms with van der Waals surface area (Å²) in [5.41, 5.74) is 0. The van der Waals surface area contributed by atoms with Crippen molar-refractivity contribution in [3.05, 3.63) is 0 Å². The third-order valence-corrected chi connectivity index (χ3v) is 2.06. The lowest BCUT2D eigenvalue weighted by Crippen LogP contribution is -2.03. The zero-order chi connectivity index (χ0) is 8.04. The van der Waals surface area contributed by atoms with E-state index in [9.17, 15) is 8.42 Å². The summed E-state index contributed by atoms with van der Waals surface area (Å²) in [6.07, 6.45) is 3.57. The van der Waals surface area contributed by atoms with Crippen molar-refractivity contribution < 1.29 is 13.0 Å². The quantitative estimate of drug-likeness (QED) is 0.386. The van der Waals surface area contributed by atoms with Crippen LogP contribution in [0.15, 0.2) is 0 Å². The molecular formula is C6H14O3S. The van der Waals surface area contributed by atoms with Crippen molar-refractivity contribution in [1.29, 1.82) is 0 Å². The second-order valence-electron chi connectivity index (χ2n) is 2.35. The number of unbranched alkanes of at least 4 members (excludes halogenated alkanes) is 3. The van der Waals surface area contributed by atoms with Gasteiger partial charge >= 0.3 is 0 Å². The Morgan fingerprint density at radius 1 is 1.40 bits per heavy atom. The lowest BCUT2D eigenvalue weighted by molar-refractivity contribution is 0.479. The highest BCUT2D eigenvalue weighted by Gasteiger charge is 2.01. The third kappa shape index (κ3) is 7.91. The van der Waals surface area contributed by atoms with E-state index in [0.29, 0.717) is 6.42 Å². The fourth-order valence-electron chi connectivity index (χ4n) is 0.711. The Morgan fingerprint density at radius 2 is 2.00 bits per heavy atom. The fourth-order valence-corrected chi connectivity index (χ4v) is 1.28. The van der Waals surface area contributed by atoms with E-state index >= 15 is 0 Å². The first kappa shape index (κ1) is 9.91. The maximum atomic E-state index is 10.1. The summed E-state index contributed by atoms with van der Waals surface area (Å²) in [6.45, 7) is 2.05. The van der Waals surface area contributed by atoms with Crippen LogP contribution in [0.2, 0.25) is 0 Å². The largest absolute Gasteiger partial charge is 0.286 e. The van der Waals surface area contributed by atoms with Crippen LogP contribution in [0.4, 0.5) is 0 Å². The zero-order valence-corrected chi connectivity index (χ0v) is 7.02. The van der Waals surface area contributed by atoms with Crippen molar-refractivity contribution in [2.24, 2.45) is 0 Å². The molecular weight excluding hydrogens is 156 g/mol. The van der Waals surface area contributed by atoms with E-state index in [4.69, 9.17) is 4.55 Å². The molecule has 0 aliphatic carbocycles. The Hall–Kier alpha value is -0.0900. The summed E-state index contributed by atoms with van der Waals surface area (Å²) in [6, 6.07) is 0. The number of hydrogen-bond donors (Lipinski definition) is 1. The molecule has 0 rings (SSSR count). The summed E-state index contributed by atoms with van der Waals surface area (Å²) in [4.78, 5) is 0. The van der Waals surface area contributed by atoms with Gasteiger partial charge in [0, 0.05) is 0 Å². The number of hydrogen-bond acceptors (Lipinski definition) is 2. The molecule has 0 saturated carbocycles. The minimum atomic E-state index is -3.70. The van der Waals surface area contributed by atoms with Crippen LogP contribution in [0.5, 0.6) is 0 Å². The standard InChI is InChI=1S/C6H14O3S/c1-2-3-4-5-6-10(7,8)9/h2-6H2,1H3,(H,7,8,9)/i7+2,8+2. The molecule has 0 radical (unpaired) electrons. The topological polar surface area (TPSA) is 54.4 Å². The van der Waals surface area contributed by atoms with Crippen LogP contribution >= 0.6 is 0 Å². The minimum Gasteiger partial charge on any atom is -0.286 e. The van der Waals surface area contributed by atoms with Crippen LogP contribution in [0, 0.1) is 0 Å². The molecule has 0 heterocycles. The normalized spacial score (nSPS) is 16.6. The molecule has 0 aliphatic rings. The molecule has 4 heteroatoms. The monoisotopic (exact) mass is 170 g/mol. The average molecular weight is 170 g/mol. The van der Waals surface area contributed by atoms with E-state index < -0.39 is 10.1 Å². The van der Waals surface area contributed by atoms with Crippen molar-refractivity contribution in [1.82, 2.24) is 0 Å². The van der Waals surface area contributed by atoms with Crippen LogP contribution in [0.3, 0.4) is 0 Å². The molecule has 62 valence electrons. The molecule has 0 bridgehead atoms. The van der Waals surface area contributed by atoms with Gasteiger partial charge in [0.2, 0.25) is 0 Å². The molecule has 0 fully saturated rings. The maximum absolute atomic E-state index is 10.1. The molecule has 1 unspecified atom stereocenters. The first-order chi connectivity index (χ1) is 4.56. The summed E-state index contributed by atoms with van der Waals surface area (Å²) in [5.74, 6) is -0.0903. The molecule has 1 atom stereocenters. The molecule has 1 N–H and O–H groups in total. The van der Waals surface area contributed by atoms with E-state index in [1.165, 1.54) is 0 Å². The summed E-state index contributed by atoms with van der Waals surface area (Å²) in [7, 11) is -3.70. The molecule has 0 aliphatic heterocycles. The Bertz CT molecular complexity index is 160. The summed E-state index contributed by atoms with van der Waals surface area (Å²) >= 11 is 0. The molecule has 10 heavy (non-hydrogen) atoms. The summed E-state index contributed by atoms with van der Waals surface area (Å²) < 4.78 is 28.6. The van der Waals surface area contributed by atoms with Gasteiger partial charge < -0.3 is 0 Å². The van der Waals surface area contributed by atoms with Crippen molar-refractivity contribution in [2.75, 3.05) is 5.75 Å². The minimum absolute atomic E-state index is 0.0903. The second kappa shape index (κ2) is 4.68. The average Bonchev–Trinajstić information content (AvgIpc) is 1.78. The first-order valence-electron chi connectivity index (χ1n) is 3.51. The molecule has 0 amide bonds. The Labute approximate surface area is 62.2 Å². The number of rotatable bonds is 5. The van der Waals surface area contributed by atoms with Crippen LogP contribution in [0.25, 0.3) is 0 Å². The fraction of sp³-hybridized carbons (Fsp3) is 1.00. The van der Waals surface area contributed by atoms with Crippen LogP contribution in [0.1, 0.15) is 32.6 Å². The predicted octanol–water partition coefficient (Wildman–Crippen LogP) is 1.45. The van der Waals surface area contributed by atoms with Gasteiger partial charge in [0.15, 0.2) is 0 Å². The van der Waals surface area contributed by atoms with E-state index in [1.807, 2.05) is 6.92 Å². The third-order valence-electron chi connectivity index (χ3n) is 1.26. The van der Waals surface area contributed by atoms with Gasteiger partial charge in [-0.3, -0.25) is 4.55 Å². The lowest BCUT2D eigenvalue weighted by Gasteiger charge is -1.95. The van der Waals surface area contributed by atoms with Crippen LogP contribution < -0.4 is 0 Å². The smallest absolute Gasteiger partial charge is 0.264 e. The highest BCUT2D eigenvalue weighted by molar-refractivity contribution is 7.85. The lowest BCUT2D eigenvalue weighted by atomic mass is 10.2. The van der Waals surface area contributed by atoms with Gasteiger partial charge in [0.05, 0.1) is 5.75 Å². The molecule has 0 saturated heterocycles. The van der Waals surface area contributed by atoms with Crippen molar-refractivity contribution in [3.63, 3.8) is 0 Å². The van der Waals surface area contributed by atoms with Gasteiger partial charge in [0.25, 0.3) is 10.1 Å². The molecule has 0 aromatic rings. The van der Waals surface area contributed by atoms with Gasteiger partial charge in [-0.05, 0) is 6.42 Å². The van der Waals surface area contributed by atoms with E-state index in [2.05, 4.69) is 0 Å². The molecule has 0 aromatic heterocycles. The second-order valence-corrected chi connectivity index (χ2v) is 3.92. The summed E-state index contributed by atoms with van der Waals surface area (Å²) in [5, 5.41) is 0. The molecule has 0 aromatic carbocycles. The Balaban J connectivity index is 3.21. The van der Waals surface area contributed by atoms with E-state index in [1.54, 1.807) is 0 Å². The van der Waals surface area contributed by atoms with Gasteiger partial charge in [-0.15, -0.1) is 0 Å². The highest BCUT2D eigenvalue weighted by Crippen LogP contribution is 2.00. The van der Waals surface area contributed by atoms with Crippen molar-refractivity contribution in [3.8, 4) is 0 Å². The molecule has 0 spiro atoms. The predicted molar refractivity (Wildman–Crippen MR) is 40.6 cm³/mol. The Morgan fingerprint density at radius 3 is 2.40 bits per heavy atom. The van der Waals surface area contributed by atoms with Crippen molar-refractivity contribution in [2.45, 2.75) is 32.6 Å². The highest BCUT2D eigenvalue weighted by atomic mass is 32.3. The molecule has 3 nitrogen and oxygen atoms in total. The van der Waals surface area contributed by atoms with Gasteiger partial charge in [-0.1, -0.05) is 26.2 Å².